The third-order valence-electron chi connectivity index (χ3n) is 6.81. The Kier molecular flexibility index (Phi) is 4.86. The van der Waals surface area contributed by atoms with E-state index in [4.69, 9.17) is 9.47 Å². The largest absolute Gasteiger partial charge is 0.457 e. The van der Waals surface area contributed by atoms with Crippen molar-refractivity contribution in [3.05, 3.63) is 77.6 Å². The van der Waals surface area contributed by atoms with Gasteiger partial charge in [0.1, 0.15) is 22.7 Å². The first-order valence-corrected chi connectivity index (χ1v) is 11.5. The van der Waals surface area contributed by atoms with Gasteiger partial charge in [-0.1, -0.05) is 18.2 Å². The molecule has 4 heterocycles. The molecule has 2 aromatic carbocycles. The van der Waals surface area contributed by atoms with Crippen LogP contribution in [-0.4, -0.2) is 47.5 Å². The highest BCUT2D eigenvalue weighted by molar-refractivity contribution is 6.22. The van der Waals surface area contributed by atoms with Crippen molar-refractivity contribution in [2.45, 2.75) is 18.9 Å². The molecule has 176 valence electrons. The summed E-state index contributed by atoms with van der Waals surface area (Å²) in [6.45, 7) is 2.68. The molecule has 1 amide bonds. The molecule has 0 saturated carbocycles. The van der Waals surface area contributed by atoms with Gasteiger partial charge >= 0.3 is 0 Å². The molecule has 2 aliphatic heterocycles. The topological polar surface area (TPSA) is 96.5 Å². The van der Waals surface area contributed by atoms with Gasteiger partial charge in [0, 0.05) is 31.8 Å². The highest BCUT2D eigenvalue weighted by atomic mass is 16.5. The summed E-state index contributed by atoms with van der Waals surface area (Å²) in [5, 5.41) is 4.10. The van der Waals surface area contributed by atoms with Gasteiger partial charge in [0.15, 0.2) is 5.78 Å². The Balaban J connectivity index is 1.40. The lowest BCUT2D eigenvalue weighted by Crippen LogP contribution is -2.57. The number of amides is 1. The Bertz CT molecular complexity index is 1470. The second-order valence-electron chi connectivity index (χ2n) is 9.04. The zero-order chi connectivity index (χ0) is 24.2. The summed E-state index contributed by atoms with van der Waals surface area (Å²) < 4.78 is 11.5. The third-order valence-corrected chi connectivity index (χ3v) is 6.81. The molecular formula is C27H24N4O4. The van der Waals surface area contributed by atoms with Gasteiger partial charge in [0.25, 0.3) is 5.91 Å². The van der Waals surface area contributed by atoms with Crippen molar-refractivity contribution in [2.75, 3.05) is 30.5 Å². The molecule has 2 N–H and O–H groups in total. The van der Waals surface area contributed by atoms with E-state index in [0.29, 0.717) is 52.3 Å². The lowest BCUT2D eigenvalue weighted by molar-refractivity contribution is -0.122. The monoisotopic (exact) mass is 468 g/mol. The molecule has 35 heavy (non-hydrogen) atoms. The molecule has 1 unspecified atom stereocenters. The molecule has 8 nitrogen and oxygen atoms in total. The number of hydrogen-bond donors (Lipinski definition) is 2. The average molecular weight is 469 g/mol. The predicted octanol–water partition coefficient (Wildman–Crippen LogP) is 4.44. The van der Waals surface area contributed by atoms with E-state index in [1.54, 1.807) is 36.5 Å². The van der Waals surface area contributed by atoms with E-state index in [1.807, 2.05) is 43.3 Å². The van der Waals surface area contributed by atoms with E-state index in [2.05, 4.69) is 15.3 Å². The van der Waals surface area contributed by atoms with Crippen molar-refractivity contribution in [3.63, 3.8) is 0 Å². The molecule has 6 rings (SSSR count). The molecule has 0 radical (unpaired) electrons. The molecule has 2 aromatic heterocycles. The van der Waals surface area contributed by atoms with Gasteiger partial charge in [-0.05, 0) is 42.8 Å². The summed E-state index contributed by atoms with van der Waals surface area (Å²) in [5.41, 5.74) is 2.97. The van der Waals surface area contributed by atoms with Crippen LogP contribution >= 0.6 is 0 Å². The van der Waals surface area contributed by atoms with Gasteiger partial charge in [0.2, 0.25) is 0 Å². The minimum Gasteiger partial charge on any atom is -0.457 e. The van der Waals surface area contributed by atoms with Crippen molar-refractivity contribution in [2.24, 2.45) is 0 Å². The number of pyridine rings is 1. The first kappa shape index (κ1) is 21.4. The Morgan fingerprint density at radius 3 is 2.71 bits per heavy atom. The van der Waals surface area contributed by atoms with Crippen LogP contribution < -0.4 is 15.0 Å². The Hall–Kier alpha value is -4.17. The van der Waals surface area contributed by atoms with Crippen LogP contribution in [-0.2, 0) is 9.53 Å². The molecular weight excluding hydrogens is 444 g/mol. The molecule has 0 aliphatic carbocycles. The zero-order valence-electron chi connectivity index (χ0n) is 19.4. The van der Waals surface area contributed by atoms with E-state index in [-0.39, 0.29) is 18.3 Å². The van der Waals surface area contributed by atoms with E-state index >= 15 is 0 Å². The van der Waals surface area contributed by atoms with Gasteiger partial charge < -0.3 is 24.7 Å². The van der Waals surface area contributed by atoms with Crippen LogP contribution in [0.2, 0.25) is 0 Å². The number of para-hydroxylation sites is 1. The SMILES string of the molecule is Cc1cc(Oc2ccccc2)ccc1C(=O)c1c[nH]c2ncc3c(c12)NC1(CCOC1)C(=O)N3C. The maximum atomic E-state index is 13.7. The van der Waals surface area contributed by atoms with E-state index in [1.165, 1.54) is 0 Å². The summed E-state index contributed by atoms with van der Waals surface area (Å²) in [4.78, 5) is 36.1. The zero-order valence-corrected chi connectivity index (χ0v) is 19.4. The number of benzene rings is 2. The maximum absolute atomic E-state index is 13.7. The van der Waals surface area contributed by atoms with Crippen LogP contribution in [0.1, 0.15) is 27.9 Å². The summed E-state index contributed by atoms with van der Waals surface area (Å²) in [6.07, 6.45) is 3.90. The summed E-state index contributed by atoms with van der Waals surface area (Å²) in [7, 11) is 1.74. The standard InChI is InChI=1S/C27H24N4O4/c1-16-12-18(35-17-6-4-3-5-7-17)8-9-19(16)24(32)20-13-28-25-22(20)23-21(14-29-25)31(2)26(33)27(30-23)10-11-34-15-27/h3-9,12-14,30H,10-11,15H2,1-2H3,(H,28,29). The third kappa shape index (κ3) is 3.37. The Labute approximate surface area is 201 Å². The number of rotatable bonds is 4. The number of aryl methyl sites for hydroxylation is 1. The van der Waals surface area contributed by atoms with Crippen LogP contribution in [0.15, 0.2) is 60.9 Å². The van der Waals surface area contributed by atoms with E-state index in [0.717, 1.165) is 11.3 Å². The van der Waals surface area contributed by atoms with Crippen molar-refractivity contribution < 1.29 is 19.1 Å². The van der Waals surface area contributed by atoms with Crippen LogP contribution in [0, 0.1) is 6.92 Å². The number of hydrogen-bond acceptors (Lipinski definition) is 6. The number of ether oxygens (including phenoxy) is 2. The average Bonchev–Trinajstić information content (AvgIpc) is 3.51. The van der Waals surface area contributed by atoms with Crippen LogP contribution in [0.25, 0.3) is 11.0 Å². The molecule has 2 aliphatic rings. The summed E-state index contributed by atoms with van der Waals surface area (Å²) >= 11 is 0. The normalized spacial score (nSPS) is 19.1. The number of carbonyl (C=O) groups is 2. The quantitative estimate of drug-likeness (QED) is 0.430. The van der Waals surface area contributed by atoms with E-state index in [9.17, 15) is 9.59 Å². The van der Waals surface area contributed by atoms with Gasteiger partial charge in [-0.15, -0.1) is 0 Å². The number of anilines is 2. The number of aromatic amines is 1. The predicted molar refractivity (Wildman–Crippen MR) is 132 cm³/mol. The first-order chi connectivity index (χ1) is 17.0. The number of nitrogens with zero attached hydrogens (tertiary/aromatic N) is 2. The number of ketones is 1. The Morgan fingerprint density at radius 2 is 1.97 bits per heavy atom. The fraction of sp³-hybridized carbons (Fsp3) is 0.222. The molecule has 0 bridgehead atoms. The summed E-state index contributed by atoms with van der Waals surface area (Å²) in [6, 6.07) is 15.0. The maximum Gasteiger partial charge on any atom is 0.255 e. The van der Waals surface area contributed by atoms with Gasteiger partial charge in [0.05, 0.1) is 35.1 Å². The van der Waals surface area contributed by atoms with Crippen LogP contribution in [0.3, 0.4) is 0 Å². The second kappa shape index (κ2) is 7.95. The minimum absolute atomic E-state index is 0.0584. The molecule has 8 heteroatoms. The van der Waals surface area contributed by atoms with Gasteiger partial charge in [-0.3, -0.25) is 9.59 Å². The van der Waals surface area contributed by atoms with Crippen molar-refractivity contribution in [1.29, 1.82) is 0 Å². The smallest absolute Gasteiger partial charge is 0.255 e. The van der Waals surface area contributed by atoms with Gasteiger partial charge in [-0.25, -0.2) is 4.98 Å². The second-order valence-corrected chi connectivity index (χ2v) is 9.04. The molecule has 1 saturated heterocycles. The lowest BCUT2D eigenvalue weighted by atomic mass is 9.91. The van der Waals surface area contributed by atoms with Crippen LogP contribution in [0.4, 0.5) is 11.4 Å². The summed E-state index contributed by atoms with van der Waals surface area (Å²) in [5.74, 6) is 1.20. The molecule has 1 fully saturated rings. The Morgan fingerprint density at radius 1 is 1.14 bits per heavy atom. The number of carbonyl (C=O) groups excluding carboxylic acids is 2. The minimum atomic E-state index is -0.833. The first-order valence-electron chi connectivity index (χ1n) is 11.5. The number of nitrogens with one attached hydrogen (secondary N) is 2. The number of fused-ring (bicyclic) bond motifs is 3. The molecule has 4 aromatic rings. The lowest BCUT2D eigenvalue weighted by Gasteiger charge is -2.39. The van der Waals surface area contributed by atoms with Crippen molar-refractivity contribution in [1.82, 2.24) is 9.97 Å². The fourth-order valence-electron chi connectivity index (χ4n) is 4.93. The molecule has 1 spiro atoms. The van der Waals surface area contributed by atoms with Gasteiger partial charge in [-0.2, -0.15) is 0 Å². The van der Waals surface area contributed by atoms with Crippen molar-refractivity contribution in [3.8, 4) is 11.5 Å². The fourth-order valence-corrected chi connectivity index (χ4v) is 4.93. The number of H-pyrrole nitrogens is 1. The highest BCUT2D eigenvalue weighted by Crippen LogP contribution is 2.43. The number of aromatic nitrogens is 2. The highest BCUT2D eigenvalue weighted by Gasteiger charge is 2.48. The molecule has 1 atom stereocenters. The number of likely N-dealkylation sites (N-methyl/N-ethyl adjacent to an activating group) is 1. The van der Waals surface area contributed by atoms with Crippen LogP contribution in [0.5, 0.6) is 11.5 Å². The van der Waals surface area contributed by atoms with Crippen molar-refractivity contribution >= 4 is 34.1 Å². The van der Waals surface area contributed by atoms with E-state index < -0.39 is 5.54 Å².